The average molecular weight is 254 g/mol. The van der Waals surface area contributed by atoms with Crippen molar-refractivity contribution in [2.24, 2.45) is 0 Å². The van der Waals surface area contributed by atoms with Crippen molar-refractivity contribution in [3.63, 3.8) is 0 Å². The maximum Gasteiger partial charge on any atom is 0.163 e. The quantitative estimate of drug-likeness (QED) is 0.762. The first kappa shape index (κ1) is 10.7. The molecule has 0 fully saturated rings. The van der Waals surface area contributed by atoms with Gasteiger partial charge in [-0.3, -0.25) is 4.79 Å². The molecule has 0 atom stereocenters. The summed E-state index contributed by atoms with van der Waals surface area (Å²) in [6, 6.07) is 5.17. The summed E-state index contributed by atoms with van der Waals surface area (Å²) in [7, 11) is 1.47. The molecule has 0 unspecified atom stereocenters. The van der Waals surface area contributed by atoms with Crippen LogP contribution < -0.4 is 4.74 Å². The molecule has 0 spiro atoms. The van der Waals surface area contributed by atoms with Gasteiger partial charge in [-0.05, 0) is 35.0 Å². The fourth-order valence-electron chi connectivity index (χ4n) is 1.12. The first-order valence-corrected chi connectivity index (χ1v) is 4.68. The Morgan fingerprint density at radius 3 is 2.64 bits per heavy atom. The summed E-state index contributed by atoms with van der Waals surface area (Å²) < 4.78 is 5.58. The summed E-state index contributed by atoms with van der Waals surface area (Å²) in [6.45, 7) is 1.45. The molecular formula is C10H8BrNO2. The number of Topliss-reactive ketones (excluding diaryl/α,β-unsaturated/α-hetero) is 1. The fraction of sp³-hybridized carbons (Fsp3) is 0.200. The minimum Gasteiger partial charge on any atom is -0.495 e. The number of hydrogen-bond acceptors (Lipinski definition) is 3. The molecular weight excluding hydrogens is 246 g/mol. The molecule has 1 aromatic rings. The smallest absolute Gasteiger partial charge is 0.163 e. The van der Waals surface area contributed by atoms with Gasteiger partial charge in [-0.25, -0.2) is 0 Å². The molecule has 1 aromatic carbocycles. The van der Waals surface area contributed by atoms with Gasteiger partial charge in [0, 0.05) is 0 Å². The number of hydrogen-bond donors (Lipinski definition) is 0. The molecule has 0 aliphatic rings. The van der Waals surface area contributed by atoms with E-state index < -0.39 is 0 Å². The van der Waals surface area contributed by atoms with Crippen LogP contribution in [0.1, 0.15) is 22.8 Å². The third-order valence-electron chi connectivity index (χ3n) is 1.80. The highest BCUT2D eigenvalue weighted by Gasteiger charge is 2.14. The molecule has 14 heavy (non-hydrogen) atoms. The molecule has 0 saturated carbocycles. The van der Waals surface area contributed by atoms with Crippen LogP contribution in [0.25, 0.3) is 0 Å². The van der Waals surface area contributed by atoms with Crippen LogP contribution in [0, 0.1) is 11.3 Å². The molecule has 0 amide bonds. The van der Waals surface area contributed by atoms with Crippen LogP contribution in [0.15, 0.2) is 16.6 Å². The van der Waals surface area contributed by atoms with Gasteiger partial charge in [-0.2, -0.15) is 5.26 Å². The zero-order valence-corrected chi connectivity index (χ0v) is 9.38. The monoisotopic (exact) mass is 253 g/mol. The zero-order valence-electron chi connectivity index (χ0n) is 7.80. The Morgan fingerprint density at radius 1 is 1.57 bits per heavy atom. The van der Waals surface area contributed by atoms with Crippen LogP contribution >= 0.6 is 15.9 Å². The van der Waals surface area contributed by atoms with Crippen LogP contribution in [-0.2, 0) is 0 Å². The molecule has 0 aliphatic heterocycles. The number of nitrogens with zero attached hydrogens (tertiary/aromatic N) is 1. The first-order valence-electron chi connectivity index (χ1n) is 3.89. The molecule has 0 aromatic heterocycles. The Bertz CT molecular complexity index is 421. The van der Waals surface area contributed by atoms with Crippen LogP contribution in [0.5, 0.6) is 5.75 Å². The highest BCUT2D eigenvalue weighted by atomic mass is 79.9. The number of ketones is 1. The van der Waals surface area contributed by atoms with Crippen LogP contribution in [0.4, 0.5) is 0 Å². The molecule has 0 radical (unpaired) electrons. The van der Waals surface area contributed by atoms with E-state index in [2.05, 4.69) is 15.9 Å². The molecule has 1 rings (SSSR count). The number of halogens is 1. The summed E-state index contributed by atoms with van der Waals surface area (Å²) in [5.41, 5.74) is 0.922. The van der Waals surface area contributed by atoms with Gasteiger partial charge < -0.3 is 4.74 Å². The SMILES string of the molecule is COc1c(C(C)=O)ccc(C#N)c1Br. The van der Waals surface area contributed by atoms with Crippen molar-refractivity contribution in [2.75, 3.05) is 7.11 Å². The van der Waals surface area contributed by atoms with E-state index >= 15 is 0 Å². The molecule has 0 saturated heterocycles. The van der Waals surface area contributed by atoms with Crippen molar-refractivity contribution in [1.82, 2.24) is 0 Å². The Morgan fingerprint density at radius 2 is 2.21 bits per heavy atom. The van der Waals surface area contributed by atoms with E-state index in [-0.39, 0.29) is 5.78 Å². The molecule has 3 nitrogen and oxygen atoms in total. The van der Waals surface area contributed by atoms with E-state index in [1.165, 1.54) is 14.0 Å². The van der Waals surface area contributed by atoms with Gasteiger partial charge in [0.15, 0.2) is 5.78 Å². The molecule has 4 heteroatoms. The number of methoxy groups -OCH3 is 1. The number of carbonyl (C=O) groups excluding carboxylic acids is 1. The lowest BCUT2D eigenvalue weighted by Crippen LogP contribution is -1.99. The predicted octanol–water partition coefficient (Wildman–Crippen LogP) is 2.53. The Balaban J connectivity index is 3.45. The first-order chi connectivity index (χ1) is 6.61. The standard InChI is InChI=1S/C10H8BrNO2/c1-6(13)8-4-3-7(5-12)9(11)10(8)14-2/h3-4H,1-2H3. The minimum atomic E-state index is -0.0907. The van der Waals surface area contributed by atoms with Crippen LogP contribution in [-0.4, -0.2) is 12.9 Å². The van der Waals surface area contributed by atoms with E-state index in [0.717, 1.165) is 0 Å². The second kappa shape index (κ2) is 4.25. The van der Waals surface area contributed by atoms with E-state index in [4.69, 9.17) is 10.00 Å². The van der Waals surface area contributed by atoms with E-state index in [0.29, 0.717) is 21.3 Å². The van der Waals surface area contributed by atoms with E-state index in [1.54, 1.807) is 12.1 Å². The Labute approximate surface area is 90.4 Å². The number of carbonyl (C=O) groups is 1. The number of benzene rings is 1. The fourth-order valence-corrected chi connectivity index (χ4v) is 1.72. The zero-order chi connectivity index (χ0) is 10.7. The van der Waals surface area contributed by atoms with E-state index in [9.17, 15) is 4.79 Å². The third kappa shape index (κ3) is 1.78. The lowest BCUT2D eigenvalue weighted by Gasteiger charge is -2.08. The van der Waals surface area contributed by atoms with E-state index in [1.807, 2.05) is 6.07 Å². The van der Waals surface area contributed by atoms with Crippen molar-refractivity contribution >= 4 is 21.7 Å². The van der Waals surface area contributed by atoms with Gasteiger partial charge in [0.05, 0.1) is 22.7 Å². The summed E-state index contributed by atoms with van der Waals surface area (Å²) >= 11 is 3.22. The van der Waals surface area contributed by atoms with Crippen molar-refractivity contribution in [3.05, 3.63) is 27.7 Å². The highest BCUT2D eigenvalue weighted by Crippen LogP contribution is 2.32. The van der Waals surface area contributed by atoms with Crippen LogP contribution in [0.3, 0.4) is 0 Å². The van der Waals surface area contributed by atoms with Gasteiger partial charge in [0.1, 0.15) is 11.8 Å². The summed E-state index contributed by atoms with van der Waals surface area (Å²) in [6.07, 6.45) is 0. The maximum atomic E-state index is 11.2. The maximum absolute atomic E-state index is 11.2. The molecule has 0 N–H and O–H groups in total. The Hall–Kier alpha value is -1.34. The summed E-state index contributed by atoms with van der Waals surface area (Å²) in [5.74, 6) is 0.323. The third-order valence-corrected chi connectivity index (χ3v) is 2.59. The molecule has 72 valence electrons. The van der Waals surface area contributed by atoms with Gasteiger partial charge in [0.2, 0.25) is 0 Å². The topological polar surface area (TPSA) is 50.1 Å². The highest BCUT2D eigenvalue weighted by molar-refractivity contribution is 9.10. The predicted molar refractivity (Wildman–Crippen MR) is 55.4 cm³/mol. The van der Waals surface area contributed by atoms with Crippen molar-refractivity contribution < 1.29 is 9.53 Å². The molecule has 0 bridgehead atoms. The van der Waals surface area contributed by atoms with Crippen molar-refractivity contribution in [2.45, 2.75) is 6.92 Å². The second-order valence-electron chi connectivity index (χ2n) is 2.68. The van der Waals surface area contributed by atoms with Crippen LogP contribution in [0.2, 0.25) is 0 Å². The minimum absolute atomic E-state index is 0.0907. The normalized spacial score (nSPS) is 9.29. The lowest BCUT2D eigenvalue weighted by atomic mass is 10.1. The van der Waals surface area contributed by atoms with Gasteiger partial charge >= 0.3 is 0 Å². The number of rotatable bonds is 2. The largest absolute Gasteiger partial charge is 0.495 e. The van der Waals surface area contributed by atoms with Gasteiger partial charge in [-0.15, -0.1) is 0 Å². The molecule has 0 aliphatic carbocycles. The Kier molecular flexibility index (Phi) is 3.26. The van der Waals surface area contributed by atoms with Gasteiger partial charge in [0.25, 0.3) is 0 Å². The summed E-state index contributed by atoms with van der Waals surface area (Å²) in [5, 5.41) is 8.75. The van der Waals surface area contributed by atoms with Crippen molar-refractivity contribution in [1.29, 1.82) is 5.26 Å². The second-order valence-corrected chi connectivity index (χ2v) is 3.47. The molecule has 0 heterocycles. The van der Waals surface area contributed by atoms with Crippen molar-refractivity contribution in [3.8, 4) is 11.8 Å². The number of nitriles is 1. The average Bonchev–Trinajstić information content (AvgIpc) is 2.17. The summed E-state index contributed by atoms with van der Waals surface area (Å²) in [4.78, 5) is 11.2. The van der Waals surface area contributed by atoms with Gasteiger partial charge in [-0.1, -0.05) is 0 Å². The lowest BCUT2D eigenvalue weighted by molar-refractivity contribution is 0.101. The number of ether oxygens (including phenoxy) is 1.